The molecule has 4 aromatic rings. The lowest BCUT2D eigenvalue weighted by Crippen LogP contribution is -2.41. The van der Waals surface area contributed by atoms with E-state index in [1.165, 1.54) is 17.6 Å². The third kappa shape index (κ3) is 5.85. The van der Waals surface area contributed by atoms with Gasteiger partial charge in [-0.25, -0.2) is 18.7 Å². The fourth-order valence-corrected chi connectivity index (χ4v) is 4.55. The van der Waals surface area contributed by atoms with Crippen molar-refractivity contribution >= 4 is 23.6 Å². The average molecular weight is 581 g/mol. The number of carbonyl (C=O) groups is 1. The SMILES string of the molecule is [2H]C([2H])(Oc1cc2n(c(=O)c1Cl)-c1cc(-c3ccnc(C(C)(C)NC(C)=O)n3)ncc1CC/C=C\2)c1ncc(F)cc1F. The fraction of sp³-hybridized carbons (Fsp3) is 0.241. The molecule has 0 aromatic carbocycles. The van der Waals surface area contributed by atoms with Crippen molar-refractivity contribution in [3.63, 3.8) is 0 Å². The van der Waals surface area contributed by atoms with Gasteiger partial charge in [0, 0.05) is 31.5 Å². The number of hydrogen-bond acceptors (Lipinski definition) is 7. The predicted molar refractivity (Wildman–Crippen MR) is 149 cm³/mol. The largest absolute Gasteiger partial charge is 0.485 e. The van der Waals surface area contributed by atoms with E-state index in [1.807, 2.05) is 6.08 Å². The Morgan fingerprint density at radius 3 is 2.76 bits per heavy atom. The number of amides is 1. The van der Waals surface area contributed by atoms with Crippen LogP contribution in [0.4, 0.5) is 8.78 Å². The lowest BCUT2D eigenvalue weighted by Gasteiger charge is -2.24. The highest BCUT2D eigenvalue weighted by Crippen LogP contribution is 2.30. The summed E-state index contributed by atoms with van der Waals surface area (Å²) in [6.45, 7) is 2.06. The number of aromatic nitrogens is 5. The van der Waals surface area contributed by atoms with Crippen molar-refractivity contribution in [1.82, 2.24) is 29.8 Å². The Morgan fingerprint density at radius 2 is 2.00 bits per heavy atom. The second-order valence-electron chi connectivity index (χ2n) is 9.79. The van der Waals surface area contributed by atoms with Crippen LogP contribution in [0.15, 0.2) is 53.7 Å². The Labute approximate surface area is 241 Å². The predicted octanol–water partition coefficient (Wildman–Crippen LogP) is 4.93. The van der Waals surface area contributed by atoms with Gasteiger partial charge in [0.2, 0.25) is 5.91 Å². The number of nitrogens with zero attached hydrogens (tertiary/aromatic N) is 5. The fourth-order valence-electron chi connectivity index (χ4n) is 4.38. The van der Waals surface area contributed by atoms with Crippen molar-refractivity contribution in [3.8, 4) is 22.8 Å². The van der Waals surface area contributed by atoms with Crippen molar-refractivity contribution in [3.05, 3.63) is 98.7 Å². The van der Waals surface area contributed by atoms with Gasteiger partial charge in [0.1, 0.15) is 28.8 Å². The Kier molecular flexibility index (Phi) is 6.93. The first kappa shape index (κ1) is 25.5. The molecule has 9 nitrogen and oxygen atoms in total. The quantitative estimate of drug-likeness (QED) is 0.344. The number of pyridine rings is 3. The summed E-state index contributed by atoms with van der Waals surface area (Å²) in [6, 6.07) is 5.18. The minimum absolute atomic E-state index is 0.241. The van der Waals surface area contributed by atoms with Gasteiger partial charge in [0.25, 0.3) is 5.56 Å². The molecule has 1 aliphatic rings. The Morgan fingerprint density at radius 1 is 1.20 bits per heavy atom. The average Bonchev–Trinajstić information content (AvgIpc) is 2.92. The van der Waals surface area contributed by atoms with Crippen LogP contribution >= 0.6 is 11.6 Å². The summed E-state index contributed by atoms with van der Waals surface area (Å²) in [7, 11) is 0. The van der Waals surface area contributed by atoms with Gasteiger partial charge in [-0.05, 0) is 50.5 Å². The molecule has 12 heteroatoms. The zero-order valence-corrected chi connectivity index (χ0v) is 23.0. The van der Waals surface area contributed by atoms with E-state index in [1.54, 1.807) is 44.4 Å². The maximum atomic E-state index is 14.3. The number of halogens is 3. The maximum absolute atomic E-state index is 14.3. The standard InChI is InChI=1S/C29H25ClF2N6O3/c1-16(39)37-29(2,3)28-33-9-8-21(36-28)22-12-24-17(13-34-22)6-4-5-7-19-11-25(26(30)27(40)38(19)24)41-15-23-20(32)10-18(31)14-35-23/h5,7-14H,4,6,15H2,1-3H3,(H,37,39)/b7-5-/i15D2. The van der Waals surface area contributed by atoms with Crippen LogP contribution < -0.4 is 15.6 Å². The zero-order chi connectivity index (χ0) is 31.1. The van der Waals surface area contributed by atoms with Gasteiger partial charge in [-0.15, -0.1) is 0 Å². The van der Waals surface area contributed by atoms with Gasteiger partial charge < -0.3 is 10.1 Å². The molecule has 0 aliphatic carbocycles. The molecule has 0 radical (unpaired) electrons. The molecule has 0 spiro atoms. The molecule has 5 rings (SSSR count). The summed E-state index contributed by atoms with van der Waals surface area (Å²) < 4.78 is 50.9. The van der Waals surface area contributed by atoms with Gasteiger partial charge >= 0.3 is 0 Å². The van der Waals surface area contributed by atoms with Crippen LogP contribution in [0.25, 0.3) is 23.2 Å². The molecule has 4 aromatic heterocycles. The highest BCUT2D eigenvalue weighted by Gasteiger charge is 2.26. The first-order valence-electron chi connectivity index (χ1n) is 13.5. The van der Waals surface area contributed by atoms with Gasteiger partial charge in [-0.3, -0.25) is 24.1 Å². The molecule has 5 heterocycles. The van der Waals surface area contributed by atoms with Crippen molar-refractivity contribution in [2.75, 3.05) is 0 Å². The van der Waals surface area contributed by atoms with Gasteiger partial charge in [-0.1, -0.05) is 17.7 Å². The van der Waals surface area contributed by atoms with E-state index in [2.05, 4.69) is 25.3 Å². The van der Waals surface area contributed by atoms with Crippen LogP contribution in [0.5, 0.6) is 5.75 Å². The summed E-state index contributed by atoms with van der Waals surface area (Å²) in [6.07, 6.45) is 8.51. The van der Waals surface area contributed by atoms with Crippen LogP contribution in [0, 0.1) is 11.6 Å². The molecule has 0 fully saturated rings. The van der Waals surface area contributed by atoms with E-state index in [0.29, 0.717) is 53.7 Å². The van der Waals surface area contributed by atoms with Gasteiger partial charge in [0.15, 0.2) is 11.6 Å². The molecule has 0 saturated heterocycles. The van der Waals surface area contributed by atoms with E-state index >= 15 is 0 Å². The van der Waals surface area contributed by atoms with Crippen molar-refractivity contribution in [2.24, 2.45) is 0 Å². The summed E-state index contributed by atoms with van der Waals surface area (Å²) in [5.74, 6) is -2.47. The van der Waals surface area contributed by atoms with E-state index in [0.717, 1.165) is 5.56 Å². The minimum Gasteiger partial charge on any atom is -0.485 e. The zero-order valence-electron chi connectivity index (χ0n) is 24.2. The molecule has 0 unspecified atom stereocenters. The number of allylic oxidation sites excluding steroid dienone is 1. The molecular formula is C29H25ClF2N6O3. The molecule has 210 valence electrons. The lowest BCUT2D eigenvalue weighted by atomic mass is 10.0. The van der Waals surface area contributed by atoms with Crippen molar-refractivity contribution in [1.29, 1.82) is 0 Å². The maximum Gasteiger partial charge on any atom is 0.278 e. The highest BCUT2D eigenvalue weighted by atomic mass is 35.5. The Hall–Kier alpha value is -4.51. The lowest BCUT2D eigenvalue weighted by molar-refractivity contribution is -0.120. The van der Waals surface area contributed by atoms with Gasteiger partial charge in [-0.2, -0.15) is 0 Å². The summed E-state index contributed by atoms with van der Waals surface area (Å²) in [4.78, 5) is 42.4. The molecule has 0 saturated carbocycles. The van der Waals surface area contributed by atoms with Crippen molar-refractivity contribution in [2.45, 2.75) is 45.7 Å². The summed E-state index contributed by atoms with van der Waals surface area (Å²) in [5, 5.41) is 2.35. The first-order chi connectivity index (χ1) is 20.3. The van der Waals surface area contributed by atoms with Crippen LogP contribution in [-0.4, -0.2) is 30.4 Å². The monoisotopic (exact) mass is 580 g/mol. The van der Waals surface area contributed by atoms with Crippen molar-refractivity contribution < 1.29 is 21.1 Å². The number of ether oxygens (including phenoxy) is 1. The third-order valence-electron chi connectivity index (χ3n) is 6.25. The summed E-state index contributed by atoms with van der Waals surface area (Å²) in [5.41, 5.74) is -0.000140. The topological polar surface area (TPSA) is 112 Å². The van der Waals surface area contributed by atoms with Crippen LogP contribution in [0.1, 0.15) is 52.7 Å². The van der Waals surface area contributed by atoms with Crippen LogP contribution in [0.3, 0.4) is 0 Å². The Bertz CT molecular complexity index is 1850. The Balaban J connectivity index is 1.60. The molecule has 1 aliphatic heterocycles. The second kappa shape index (κ2) is 11.2. The first-order valence-corrected chi connectivity index (χ1v) is 12.9. The van der Waals surface area contributed by atoms with Crippen LogP contribution in [0.2, 0.25) is 5.02 Å². The van der Waals surface area contributed by atoms with E-state index in [-0.39, 0.29) is 11.7 Å². The second-order valence-corrected chi connectivity index (χ2v) is 10.2. The van der Waals surface area contributed by atoms with Gasteiger partial charge in [0.05, 0.1) is 37.2 Å². The number of carbonyl (C=O) groups excluding carboxylic acids is 1. The molecule has 41 heavy (non-hydrogen) atoms. The highest BCUT2D eigenvalue weighted by molar-refractivity contribution is 6.31. The summed E-state index contributed by atoms with van der Waals surface area (Å²) >= 11 is 6.42. The smallest absolute Gasteiger partial charge is 0.278 e. The van der Waals surface area contributed by atoms with E-state index < -0.39 is 40.0 Å². The molecule has 0 bridgehead atoms. The van der Waals surface area contributed by atoms with E-state index in [4.69, 9.17) is 19.1 Å². The number of nitrogens with one attached hydrogen (secondary N) is 1. The molecule has 0 atom stereocenters. The molecule has 1 amide bonds. The molecular weight excluding hydrogens is 554 g/mol. The van der Waals surface area contributed by atoms with E-state index in [9.17, 15) is 18.4 Å². The number of hydrogen-bond donors (Lipinski definition) is 1. The number of fused-ring (bicyclic) bond motifs is 3. The number of aryl methyl sites for hydroxylation is 1. The third-order valence-corrected chi connectivity index (χ3v) is 6.60. The molecule has 1 N–H and O–H groups in total. The normalized spacial score (nSPS) is 14.5. The number of rotatable bonds is 6. The minimum atomic E-state index is -2.89. The van der Waals surface area contributed by atoms with Crippen LogP contribution in [-0.2, 0) is 23.3 Å².